The van der Waals surface area contributed by atoms with Crippen LogP contribution in [0.1, 0.15) is 19.7 Å². The quantitative estimate of drug-likeness (QED) is 0.851. The van der Waals surface area contributed by atoms with Crippen molar-refractivity contribution in [3.8, 4) is 0 Å². The third kappa shape index (κ3) is 1.86. The van der Waals surface area contributed by atoms with Crippen LogP contribution in [0.3, 0.4) is 0 Å². The molecule has 2 heterocycles. The second kappa shape index (κ2) is 3.85. The van der Waals surface area contributed by atoms with E-state index in [0.29, 0.717) is 11.7 Å². The molecule has 2 N–H and O–H groups in total. The summed E-state index contributed by atoms with van der Waals surface area (Å²) in [6, 6.07) is 5.95. The van der Waals surface area contributed by atoms with Crippen molar-refractivity contribution < 1.29 is 0 Å². The van der Waals surface area contributed by atoms with E-state index in [-0.39, 0.29) is 0 Å². The van der Waals surface area contributed by atoms with Crippen molar-refractivity contribution in [2.45, 2.75) is 20.3 Å². The van der Waals surface area contributed by atoms with Crippen molar-refractivity contribution in [3.63, 3.8) is 0 Å². The molecule has 3 nitrogen and oxygen atoms in total. The molecule has 0 aromatic carbocycles. The van der Waals surface area contributed by atoms with Crippen molar-refractivity contribution in [3.05, 3.63) is 28.6 Å². The number of nitrogen functional groups attached to an aromatic ring is 1. The lowest BCUT2D eigenvalue weighted by Gasteiger charge is -2.05. The molecule has 15 heavy (non-hydrogen) atoms. The minimum absolute atomic E-state index is 0.571. The first-order valence-corrected chi connectivity index (χ1v) is 5.80. The molecule has 0 aliphatic carbocycles. The molecular formula is C11H14BrN3. The number of nitrogens with zero attached hydrogens (tertiary/aromatic N) is 2. The summed E-state index contributed by atoms with van der Waals surface area (Å²) in [4.78, 5) is 4.40. The van der Waals surface area contributed by atoms with Gasteiger partial charge in [-0.2, -0.15) is 0 Å². The van der Waals surface area contributed by atoms with E-state index in [1.807, 2.05) is 18.2 Å². The zero-order chi connectivity index (χ0) is 11.0. The average Bonchev–Trinajstić information content (AvgIpc) is 2.44. The Morgan fingerprint density at radius 1 is 1.47 bits per heavy atom. The maximum absolute atomic E-state index is 5.87. The van der Waals surface area contributed by atoms with Crippen molar-refractivity contribution in [2.75, 3.05) is 5.73 Å². The fraction of sp³-hybridized carbons (Fsp3) is 0.364. The van der Waals surface area contributed by atoms with Crippen molar-refractivity contribution in [2.24, 2.45) is 5.92 Å². The van der Waals surface area contributed by atoms with Crippen LogP contribution in [-0.4, -0.2) is 9.38 Å². The fourth-order valence-corrected chi connectivity index (χ4v) is 2.24. The minimum atomic E-state index is 0.571. The number of fused-ring (bicyclic) bond motifs is 1. The third-order valence-corrected chi connectivity index (χ3v) is 2.92. The van der Waals surface area contributed by atoms with Gasteiger partial charge in [-0.3, -0.25) is 4.40 Å². The molecule has 0 saturated carbocycles. The van der Waals surface area contributed by atoms with Crippen LogP contribution in [0, 0.1) is 5.92 Å². The number of hydrogen-bond acceptors (Lipinski definition) is 2. The predicted molar refractivity (Wildman–Crippen MR) is 65.8 cm³/mol. The Balaban J connectivity index is 2.65. The first-order valence-electron chi connectivity index (χ1n) is 5.01. The van der Waals surface area contributed by atoms with Crippen molar-refractivity contribution in [1.82, 2.24) is 9.38 Å². The Bertz CT molecular complexity index is 488. The molecular weight excluding hydrogens is 254 g/mol. The zero-order valence-electron chi connectivity index (χ0n) is 8.87. The van der Waals surface area contributed by atoms with E-state index in [2.05, 4.69) is 39.2 Å². The van der Waals surface area contributed by atoms with Gasteiger partial charge in [-0.25, -0.2) is 4.98 Å². The number of aromatic nitrogens is 2. The number of imidazole rings is 1. The molecule has 0 spiro atoms. The molecule has 0 radical (unpaired) electrons. The van der Waals surface area contributed by atoms with Crippen LogP contribution in [0.4, 0.5) is 5.82 Å². The van der Waals surface area contributed by atoms with Crippen LogP contribution in [0.2, 0.25) is 0 Å². The topological polar surface area (TPSA) is 43.3 Å². The van der Waals surface area contributed by atoms with E-state index in [1.54, 1.807) is 0 Å². The number of anilines is 1. The lowest BCUT2D eigenvalue weighted by Crippen LogP contribution is -2.01. The summed E-state index contributed by atoms with van der Waals surface area (Å²) in [5, 5.41) is 0. The SMILES string of the molecule is CC(C)Cc1nc(N)c2cccc(Br)n12. The molecule has 0 aliphatic rings. The summed E-state index contributed by atoms with van der Waals surface area (Å²) in [5.41, 5.74) is 6.84. The van der Waals surface area contributed by atoms with Crippen molar-refractivity contribution in [1.29, 1.82) is 0 Å². The van der Waals surface area contributed by atoms with Crippen LogP contribution in [-0.2, 0) is 6.42 Å². The van der Waals surface area contributed by atoms with Gasteiger partial charge >= 0.3 is 0 Å². The Hall–Kier alpha value is -1.03. The van der Waals surface area contributed by atoms with Gasteiger partial charge in [0, 0.05) is 6.42 Å². The van der Waals surface area contributed by atoms with E-state index in [0.717, 1.165) is 22.4 Å². The Morgan fingerprint density at radius 3 is 2.87 bits per heavy atom. The van der Waals surface area contributed by atoms with E-state index >= 15 is 0 Å². The lowest BCUT2D eigenvalue weighted by atomic mass is 10.1. The van der Waals surface area contributed by atoms with E-state index in [1.165, 1.54) is 0 Å². The molecule has 4 heteroatoms. The number of rotatable bonds is 2. The summed E-state index contributed by atoms with van der Waals surface area (Å²) in [6.07, 6.45) is 0.932. The van der Waals surface area contributed by atoms with Crippen LogP contribution >= 0.6 is 15.9 Å². The Morgan fingerprint density at radius 2 is 2.20 bits per heavy atom. The highest BCUT2D eigenvalue weighted by Crippen LogP contribution is 2.22. The highest BCUT2D eigenvalue weighted by Gasteiger charge is 2.11. The molecule has 0 saturated heterocycles. The van der Waals surface area contributed by atoms with Crippen LogP contribution in [0.15, 0.2) is 22.8 Å². The van der Waals surface area contributed by atoms with Crippen molar-refractivity contribution >= 4 is 27.3 Å². The van der Waals surface area contributed by atoms with Gasteiger partial charge < -0.3 is 5.73 Å². The molecule has 2 aromatic heterocycles. The van der Waals surface area contributed by atoms with Gasteiger partial charge in [0.15, 0.2) is 0 Å². The fourth-order valence-electron chi connectivity index (χ4n) is 1.69. The van der Waals surface area contributed by atoms with Gasteiger partial charge in [-0.15, -0.1) is 0 Å². The summed E-state index contributed by atoms with van der Waals surface area (Å²) >= 11 is 3.52. The van der Waals surface area contributed by atoms with Crippen LogP contribution in [0.5, 0.6) is 0 Å². The number of halogens is 1. The number of nitrogens with two attached hydrogens (primary N) is 1. The normalized spacial score (nSPS) is 11.5. The van der Waals surface area contributed by atoms with E-state index < -0.39 is 0 Å². The van der Waals surface area contributed by atoms with Gasteiger partial charge in [0.2, 0.25) is 0 Å². The Kier molecular flexibility index (Phi) is 2.69. The van der Waals surface area contributed by atoms with Gasteiger partial charge in [0.25, 0.3) is 0 Å². The van der Waals surface area contributed by atoms with E-state index in [9.17, 15) is 0 Å². The Labute approximate surface area is 97.4 Å². The minimum Gasteiger partial charge on any atom is -0.382 e. The summed E-state index contributed by atoms with van der Waals surface area (Å²) < 4.78 is 3.06. The first kappa shape index (κ1) is 10.5. The van der Waals surface area contributed by atoms with Gasteiger partial charge in [-0.1, -0.05) is 19.9 Å². The summed E-state index contributed by atoms with van der Waals surface area (Å²) in [7, 11) is 0. The molecule has 0 bridgehead atoms. The number of pyridine rings is 1. The molecule has 2 rings (SSSR count). The van der Waals surface area contributed by atoms with E-state index in [4.69, 9.17) is 5.73 Å². The molecule has 0 fully saturated rings. The van der Waals surface area contributed by atoms with Gasteiger partial charge in [-0.05, 0) is 34.0 Å². The first-order chi connectivity index (χ1) is 7.09. The highest BCUT2D eigenvalue weighted by molar-refractivity contribution is 9.10. The molecule has 0 amide bonds. The van der Waals surface area contributed by atoms with Crippen LogP contribution < -0.4 is 5.73 Å². The second-order valence-electron chi connectivity index (χ2n) is 4.08. The van der Waals surface area contributed by atoms with Gasteiger partial charge in [0.1, 0.15) is 11.6 Å². The average molecular weight is 268 g/mol. The predicted octanol–water partition coefficient (Wildman–Crippen LogP) is 2.88. The molecule has 2 aromatic rings. The standard InChI is InChI=1S/C11H14BrN3/c1-7(2)6-10-14-11(13)8-4-3-5-9(12)15(8)10/h3-5,7H,6,13H2,1-2H3. The lowest BCUT2D eigenvalue weighted by molar-refractivity contribution is 0.618. The maximum Gasteiger partial charge on any atom is 0.149 e. The second-order valence-corrected chi connectivity index (χ2v) is 4.89. The summed E-state index contributed by atoms with van der Waals surface area (Å²) in [5.74, 6) is 2.19. The van der Waals surface area contributed by atoms with Crippen LogP contribution in [0.25, 0.3) is 5.52 Å². The number of hydrogen-bond donors (Lipinski definition) is 1. The maximum atomic E-state index is 5.87. The largest absolute Gasteiger partial charge is 0.382 e. The summed E-state index contributed by atoms with van der Waals surface area (Å²) in [6.45, 7) is 4.35. The molecule has 80 valence electrons. The smallest absolute Gasteiger partial charge is 0.149 e. The third-order valence-electron chi connectivity index (χ3n) is 2.30. The zero-order valence-corrected chi connectivity index (χ0v) is 10.5. The highest BCUT2D eigenvalue weighted by atomic mass is 79.9. The van der Waals surface area contributed by atoms with Gasteiger partial charge in [0.05, 0.1) is 10.1 Å². The molecule has 0 unspecified atom stereocenters. The molecule has 0 aliphatic heterocycles. The molecule has 0 atom stereocenters. The monoisotopic (exact) mass is 267 g/mol.